The fourth-order valence-electron chi connectivity index (χ4n) is 11.7. The summed E-state index contributed by atoms with van der Waals surface area (Å²) in [6.45, 7) is -20.2. The summed E-state index contributed by atoms with van der Waals surface area (Å²) >= 11 is 21.7. The number of aliphatic hydroxyl groups excluding tert-OH is 5. The van der Waals surface area contributed by atoms with E-state index in [1.807, 2.05) is 0 Å². The summed E-state index contributed by atoms with van der Waals surface area (Å²) in [6, 6.07) is 1.18. The second kappa shape index (κ2) is 29.9. The highest BCUT2D eigenvalue weighted by molar-refractivity contribution is 8.08. The minimum Gasteiger partial charge on any atom is -0.394 e. The van der Waals surface area contributed by atoms with Crippen molar-refractivity contribution in [3.05, 3.63) is 117 Å². The second-order valence-corrected chi connectivity index (χ2v) is 34.6. The van der Waals surface area contributed by atoms with Crippen molar-refractivity contribution < 1.29 is 105 Å². The summed E-state index contributed by atoms with van der Waals surface area (Å²) in [7, 11) is 0. The number of H-pyrrole nitrogens is 3. The van der Waals surface area contributed by atoms with Crippen LogP contribution in [0.4, 0.5) is 17.6 Å². The van der Waals surface area contributed by atoms with Crippen molar-refractivity contribution in [2.24, 2.45) is 0 Å². The minimum atomic E-state index is -4.89. The van der Waals surface area contributed by atoms with Gasteiger partial charge in [-0.25, -0.2) is 34.3 Å². The quantitative estimate of drug-likeness (QED) is 0.0226. The van der Waals surface area contributed by atoms with Gasteiger partial charge in [0.25, 0.3) is 16.7 Å². The first-order valence-corrected chi connectivity index (χ1v) is 40.3. The number of hydrogen-bond acceptors (Lipinski definition) is 37. The summed E-state index contributed by atoms with van der Waals surface area (Å²) in [6.07, 6.45) is -22.4. The molecule has 0 radical (unpaired) electrons. The Bertz CT molecular complexity index is 4910. The molecule has 5 aliphatic rings. The Kier molecular flexibility index (Phi) is 22.3. The molecule has 22 atom stereocenters. The molecule has 0 aliphatic carbocycles. The normalized spacial score (nSPS) is 31.4. The van der Waals surface area contributed by atoms with Gasteiger partial charge in [-0.1, -0.05) is 0 Å². The third-order valence-corrected chi connectivity index (χ3v) is 22.8. The minimum absolute atomic E-state index is 0.0302. The average Bonchev–Trinajstić information content (AvgIpc) is 1.62. The van der Waals surface area contributed by atoms with Crippen LogP contribution in [-0.4, -0.2) is 225 Å². The highest BCUT2D eigenvalue weighted by Crippen LogP contribution is 2.56. The van der Waals surface area contributed by atoms with Gasteiger partial charge < -0.3 is 109 Å². The summed E-state index contributed by atoms with van der Waals surface area (Å²) in [4.78, 5) is 153. The maximum Gasteiger partial charge on any atom is 0.351 e. The number of ether oxygens (including phenoxy) is 5. The number of fused-ring (bicyclic) bond motifs is 2. The summed E-state index contributed by atoms with van der Waals surface area (Å²) in [5.74, 6) is -0.691. The van der Waals surface area contributed by atoms with Gasteiger partial charge in [-0.3, -0.25) is 65.7 Å². The molecule has 7 aromatic heterocycles. The van der Waals surface area contributed by atoms with Crippen LogP contribution in [0.5, 0.6) is 0 Å². The molecule has 18 N–H and O–H groups in total. The van der Waals surface area contributed by atoms with Crippen LogP contribution in [0.15, 0.2) is 72.4 Å². The van der Waals surface area contributed by atoms with Crippen LogP contribution >= 0.6 is 26.9 Å². The lowest BCUT2D eigenvalue weighted by Gasteiger charge is -2.29. The highest BCUT2D eigenvalue weighted by atomic mass is 32.5. The number of imidazole rings is 2. The maximum absolute atomic E-state index is 13.2. The van der Waals surface area contributed by atoms with E-state index in [-0.39, 0.29) is 57.9 Å². The number of aromatic amines is 3. The van der Waals surface area contributed by atoms with Crippen molar-refractivity contribution in [1.82, 2.24) is 67.7 Å². The molecule has 556 valence electrons. The van der Waals surface area contributed by atoms with Crippen molar-refractivity contribution in [3.8, 4) is 0 Å². The molecule has 12 rings (SSSR count). The molecule has 45 nitrogen and oxygen atoms in total. The third kappa shape index (κ3) is 16.2. The van der Waals surface area contributed by atoms with Gasteiger partial charge in [0.15, 0.2) is 41.3 Å². The van der Waals surface area contributed by atoms with Crippen LogP contribution in [0.2, 0.25) is 0 Å². The summed E-state index contributed by atoms with van der Waals surface area (Å²) in [5, 5.41) is 57.2. The predicted octanol–water partition coefficient (Wildman–Crippen LogP) is -5.14. The van der Waals surface area contributed by atoms with E-state index in [0.29, 0.717) is 0 Å². The Labute approximate surface area is 588 Å². The Hall–Kier alpha value is -5.74. The van der Waals surface area contributed by atoms with Gasteiger partial charge in [-0.05, 0) is 67.1 Å². The van der Waals surface area contributed by atoms with Crippen molar-refractivity contribution in [1.29, 1.82) is 0 Å². The van der Waals surface area contributed by atoms with Crippen molar-refractivity contribution >= 4 is 114 Å². The molecule has 5 aliphatic heterocycles. The van der Waals surface area contributed by atoms with Gasteiger partial charge >= 0.3 is 43.9 Å². The lowest BCUT2D eigenvalue weighted by Crippen LogP contribution is -2.38. The Morgan fingerprint density at radius 3 is 1.49 bits per heavy atom. The Morgan fingerprint density at radius 1 is 0.539 bits per heavy atom. The molecule has 0 saturated carbocycles. The fraction of sp³-hybridized carbons (Fsp3) is 0.551. The van der Waals surface area contributed by atoms with Gasteiger partial charge in [0.05, 0.1) is 57.9 Å². The first-order chi connectivity index (χ1) is 48.1. The van der Waals surface area contributed by atoms with Crippen LogP contribution in [0.1, 0.15) is 55.1 Å². The standard InChI is InChI=1S/C49H63N17O28P4S4/c1-17-7-63(48(76)60-40(17)72)27-5-19(68)22(87-27)10-82-96(79,100)93-35-24(89-44(32(35)70)65-15-55-29-37(51)53-14-54-38(29)65)12-84-98(81,102)94-36-25(90-45(33(36)71)66-16-56-30-39(66)58-46(52)59-42(30)74)13-85-97(80,101)92-34-23(88-43(31(34)69)62-4-3-26(50)57-47(62)75)11-83-95(78,99)91-20-6-28(86-21(20)9-67)64-8-18(2)41(73)61-49(64)77/h3-4,7-8,14-16,19-25,27-28,31-36,43-45,67-71H,5-6,9-13H2,1-2H3,(H,78,99)(H,79,100)(H,80,101)(H,81,102)(H2,50,57,75)(H2,51,53,54)(H,60,72,76)(H,61,73,77)(H3,52,58,59,74)/t19-,20-,21+,22+,23+,24+,25+,27+,28+,31+,32+,33+,34+,35+,36+,43+,44+,45+,95?,96?,97?,98?/m0/s1. The SMILES string of the molecule is Cc1cn([C@H]2C[C@H](OP(O)(=S)OC[C@H]3O[C@@H](n4ccc(N)nc4=O)[C@H](O)[C@@H]3OP(O)(=S)OC[C@H]3O[C@@H](n4cnc5c(=O)[nH]c(N)nc54)[C@H](O)[C@@H]3OP(O)(=S)OC[C@H]3O[C@@H](n4cnc5c(N)ncnc54)[C@H](O)[C@@H]3OP(O)(=S)OC[C@H]3O[C@@H](n4cc(C)c(=O)[nH]c4=O)C[C@@H]3O)[C@@H](CO)O2)c(=O)[nH]c1=O. The lowest BCUT2D eigenvalue weighted by atomic mass is 10.1. The van der Waals surface area contributed by atoms with E-state index in [2.05, 4.69) is 44.9 Å². The number of aromatic nitrogens is 14. The highest BCUT2D eigenvalue weighted by Gasteiger charge is 2.54. The van der Waals surface area contributed by atoms with Gasteiger partial charge in [0.1, 0.15) is 97.3 Å². The Morgan fingerprint density at radius 2 is 0.990 bits per heavy atom. The molecule has 7 aromatic rings. The first kappa shape index (κ1) is 75.9. The van der Waals surface area contributed by atoms with Crippen LogP contribution in [0.3, 0.4) is 0 Å². The number of rotatable bonds is 26. The zero-order valence-corrected chi connectivity index (χ0v) is 59.1. The number of aryl methyl sites for hydroxylation is 2. The van der Waals surface area contributed by atoms with Gasteiger partial charge in [-0.15, -0.1) is 0 Å². The van der Waals surface area contributed by atoms with Crippen LogP contribution in [0.25, 0.3) is 22.3 Å². The molecule has 102 heavy (non-hydrogen) atoms. The van der Waals surface area contributed by atoms with Gasteiger partial charge in [0.2, 0.25) is 5.95 Å². The topological polar surface area (TPSA) is 632 Å². The predicted molar refractivity (Wildman–Crippen MR) is 357 cm³/mol. The van der Waals surface area contributed by atoms with E-state index in [1.165, 1.54) is 43.2 Å². The monoisotopic (exact) mass is 1590 g/mol. The molecular formula is C49H63N17O28P4S4. The van der Waals surface area contributed by atoms with E-state index < -0.39 is 210 Å². The number of nitrogens with one attached hydrogen (secondary N) is 3. The second-order valence-electron chi connectivity index (χ2n) is 23.4. The number of nitrogens with two attached hydrogens (primary N) is 3. The molecule has 0 spiro atoms. The van der Waals surface area contributed by atoms with Crippen molar-refractivity contribution in [3.63, 3.8) is 0 Å². The number of hydrogen-bond donors (Lipinski definition) is 15. The zero-order chi connectivity index (χ0) is 73.4. The van der Waals surface area contributed by atoms with E-state index in [1.54, 1.807) is 0 Å². The van der Waals surface area contributed by atoms with Crippen molar-refractivity contribution in [2.75, 3.05) is 50.2 Å². The smallest absolute Gasteiger partial charge is 0.351 e. The molecular weight excluding hydrogens is 1530 g/mol. The summed E-state index contributed by atoms with van der Waals surface area (Å²) in [5.41, 5.74) is 12.7. The zero-order valence-electron chi connectivity index (χ0n) is 52.2. The molecule has 0 bridgehead atoms. The van der Waals surface area contributed by atoms with Crippen LogP contribution < -0.4 is 50.9 Å². The lowest BCUT2D eigenvalue weighted by molar-refractivity contribution is -0.0592. The molecule has 0 amide bonds. The van der Waals surface area contributed by atoms with Crippen LogP contribution in [0, 0.1) is 13.8 Å². The number of nitrogen functional groups attached to an aromatic ring is 3. The third-order valence-electron chi connectivity index (χ3n) is 16.6. The van der Waals surface area contributed by atoms with E-state index in [0.717, 1.165) is 37.1 Å². The van der Waals surface area contributed by atoms with E-state index >= 15 is 0 Å². The summed E-state index contributed by atoms with van der Waals surface area (Å²) < 4.78 is 81.7. The fourth-order valence-corrected chi connectivity index (χ4v) is 17.5. The van der Waals surface area contributed by atoms with Crippen molar-refractivity contribution in [2.45, 2.75) is 137 Å². The average molecular weight is 1590 g/mol. The molecule has 53 heteroatoms. The number of anilines is 3. The largest absolute Gasteiger partial charge is 0.394 e. The van der Waals surface area contributed by atoms with Gasteiger partial charge in [0, 0.05) is 42.6 Å². The van der Waals surface area contributed by atoms with Gasteiger partial charge in [-0.2, -0.15) is 9.97 Å². The Balaban J connectivity index is 0.769. The van der Waals surface area contributed by atoms with Crippen LogP contribution in [-0.2, 0) is 107 Å². The molecule has 4 unspecified atom stereocenters. The molecule has 5 fully saturated rings. The first-order valence-electron chi connectivity index (χ1n) is 29.9. The molecule has 0 aromatic carbocycles. The number of aliphatic hydroxyl groups is 5. The van der Waals surface area contributed by atoms with E-state index in [4.69, 9.17) is 124 Å². The number of nitrogens with zero attached hydrogens (tertiary/aromatic N) is 11. The molecule has 12 heterocycles. The molecule has 5 saturated heterocycles. The maximum atomic E-state index is 13.2. The van der Waals surface area contributed by atoms with E-state index in [9.17, 15) is 73.9 Å².